The summed E-state index contributed by atoms with van der Waals surface area (Å²) in [4.78, 5) is 0.288. The molecule has 0 unspecified atom stereocenters. The maximum absolute atomic E-state index is 12.5. The van der Waals surface area contributed by atoms with E-state index >= 15 is 0 Å². The number of benzene rings is 1. The lowest BCUT2D eigenvalue weighted by atomic mass is 10.1. The fourth-order valence-corrected chi connectivity index (χ4v) is 3.06. The molecule has 0 saturated heterocycles. The van der Waals surface area contributed by atoms with Crippen LogP contribution in [0.2, 0.25) is 0 Å². The number of aromatic nitrogens is 1. The minimum absolute atomic E-state index is 0.288. The van der Waals surface area contributed by atoms with Crippen molar-refractivity contribution in [2.75, 3.05) is 0 Å². The SMILES string of the molecule is C=C/C=C(/C)c1ccn(S(=O)(=O)c2ccc(C)cc2)c1. The van der Waals surface area contributed by atoms with Crippen LogP contribution in [0.15, 0.2) is 66.4 Å². The molecule has 0 saturated carbocycles. The number of hydrogen-bond acceptors (Lipinski definition) is 2. The fraction of sp³-hybridized carbons (Fsp3) is 0.125. The van der Waals surface area contributed by atoms with E-state index in [0.717, 1.165) is 16.7 Å². The highest BCUT2D eigenvalue weighted by molar-refractivity contribution is 7.90. The number of hydrogen-bond donors (Lipinski definition) is 0. The summed E-state index contributed by atoms with van der Waals surface area (Å²) >= 11 is 0. The summed E-state index contributed by atoms with van der Waals surface area (Å²) < 4.78 is 26.2. The second kappa shape index (κ2) is 5.51. The van der Waals surface area contributed by atoms with Gasteiger partial charge in [-0.2, -0.15) is 0 Å². The second-order valence-corrected chi connectivity index (χ2v) is 6.48. The van der Waals surface area contributed by atoms with Gasteiger partial charge in [0.05, 0.1) is 4.90 Å². The summed E-state index contributed by atoms with van der Waals surface area (Å²) in [5, 5.41) is 0. The predicted octanol–water partition coefficient (Wildman–Crippen LogP) is 3.62. The third kappa shape index (κ3) is 2.75. The molecule has 4 heteroatoms. The van der Waals surface area contributed by atoms with Gasteiger partial charge in [0.2, 0.25) is 0 Å². The second-order valence-electron chi connectivity index (χ2n) is 4.63. The van der Waals surface area contributed by atoms with Gasteiger partial charge in [0, 0.05) is 12.4 Å². The third-order valence-electron chi connectivity index (χ3n) is 3.09. The van der Waals surface area contributed by atoms with Crippen molar-refractivity contribution in [2.24, 2.45) is 0 Å². The van der Waals surface area contributed by atoms with Crippen LogP contribution in [-0.4, -0.2) is 12.4 Å². The Morgan fingerprint density at radius 1 is 1.20 bits per heavy atom. The van der Waals surface area contributed by atoms with Crippen LogP contribution in [0.3, 0.4) is 0 Å². The minimum atomic E-state index is -3.52. The van der Waals surface area contributed by atoms with Gasteiger partial charge < -0.3 is 0 Å². The summed E-state index contributed by atoms with van der Waals surface area (Å²) in [6.45, 7) is 7.48. The quantitative estimate of drug-likeness (QED) is 0.806. The third-order valence-corrected chi connectivity index (χ3v) is 4.74. The molecule has 0 aliphatic carbocycles. The van der Waals surface area contributed by atoms with Crippen molar-refractivity contribution in [1.82, 2.24) is 3.97 Å². The minimum Gasteiger partial charge on any atom is -0.248 e. The zero-order chi connectivity index (χ0) is 14.8. The van der Waals surface area contributed by atoms with Gasteiger partial charge in [0.25, 0.3) is 10.0 Å². The van der Waals surface area contributed by atoms with E-state index in [2.05, 4.69) is 6.58 Å². The maximum atomic E-state index is 12.5. The molecule has 1 aromatic carbocycles. The number of aryl methyl sites for hydroxylation is 1. The van der Waals surface area contributed by atoms with Crippen molar-refractivity contribution in [3.05, 3.63) is 72.6 Å². The van der Waals surface area contributed by atoms with Crippen LogP contribution in [0.25, 0.3) is 5.57 Å². The molecule has 2 rings (SSSR count). The lowest BCUT2D eigenvalue weighted by Gasteiger charge is -2.05. The van der Waals surface area contributed by atoms with Crippen LogP contribution in [0, 0.1) is 6.92 Å². The zero-order valence-electron chi connectivity index (χ0n) is 11.6. The van der Waals surface area contributed by atoms with E-state index in [-0.39, 0.29) is 4.90 Å². The van der Waals surface area contributed by atoms with E-state index in [1.165, 1.54) is 3.97 Å². The molecule has 20 heavy (non-hydrogen) atoms. The molecule has 2 aromatic rings. The lowest BCUT2D eigenvalue weighted by molar-refractivity contribution is 0.587. The monoisotopic (exact) mass is 287 g/mol. The van der Waals surface area contributed by atoms with Crippen molar-refractivity contribution in [3.8, 4) is 0 Å². The standard InChI is InChI=1S/C16H17NO2S/c1-4-5-14(3)15-10-11-17(12-15)20(18,19)16-8-6-13(2)7-9-16/h4-12H,1H2,2-3H3/b14-5-. The Morgan fingerprint density at radius 2 is 1.85 bits per heavy atom. The summed E-state index contributed by atoms with van der Waals surface area (Å²) in [7, 11) is -3.52. The molecule has 0 atom stereocenters. The highest BCUT2D eigenvalue weighted by Crippen LogP contribution is 2.19. The highest BCUT2D eigenvalue weighted by atomic mass is 32.2. The van der Waals surface area contributed by atoms with Crippen LogP contribution in [0.1, 0.15) is 18.1 Å². The molecule has 0 amide bonds. The van der Waals surface area contributed by atoms with Crippen LogP contribution >= 0.6 is 0 Å². The predicted molar refractivity (Wildman–Crippen MR) is 82.0 cm³/mol. The van der Waals surface area contributed by atoms with Gasteiger partial charge >= 0.3 is 0 Å². The first-order chi connectivity index (χ1) is 9.45. The van der Waals surface area contributed by atoms with Gasteiger partial charge in [-0.05, 0) is 43.2 Å². The highest BCUT2D eigenvalue weighted by Gasteiger charge is 2.16. The van der Waals surface area contributed by atoms with E-state index in [9.17, 15) is 8.42 Å². The smallest absolute Gasteiger partial charge is 0.248 e. The van der Waals surface area contributed by atoms with E-state index in [0.29, 0.717) is 0 Å². The molecule has 1 heterocycles. The summed E-state index contributed by atoms with van der Waals surface area (Å²) in [5.41, 5.74) is 2.86. The van der Waals surface area contributed by atoms with E-state index in [1.807, 2.05) is 19.9 Å². The molecule has 0 spiro atoms. The van der Waals surface area contributed by atoms with Crippen LogP contribution in [0.5, 0.6) is 0 Å². The Bertz CT molecular complexity index is 750. The molecule has 0 aliphatic rings. The molecule has 1 aromatic heterocycles. The number of rotatable bonds is 4. The Labute approximate surface area is 119 Å². The van der Waals surface area contributed by atoms with Gasteiger partial charge in [-0.1, -0.05) is 36.4 Å². The molecule has 0 radical (unpaired) electrons. The summed E-state index contributed by atoms with van der Waals surface area (Å²) in [5.74, 6) is 0. The first-order valence-corrected chi connectivity index (χ1v) is 7.69. The topological polar surface area (TPSA) is 39.1 Å². The van der Waals surface area contributed by atoms with E-state index in [1.54, 1.807) is 48.8 Å². The van der Waals surface area contributed by atoms with Crippen LogP contribution in [-0.2, 0) is 10.0 Å². The Hall–Kier alpha value is -2.07. The van der Waals surface area contributed by atoms with Gasteiger partial charge in [-0.25, -0.2) is 12.4 Å². The first-order valence-electron chi connectivity index (χ1n) is 6.25. The lowest BCUT2D eigenvalue weighted by Crippen LogP contribution is -2.10. The van der Waals surface area contributed by atoms with E-state index in [4.69, 9.17) is 0 Å². The number of nitrogens with zero attached hydrogens (tertiary/aromatic N) is 1. The van der Waals surface area contributed by atoms with Gasteiger partial charge in [-0.3, -0.25) is 0 Å². The normalized spacial score (nSPS) is 12.4. The number of allylic oxidation sites excluding steroid dienone is 3. The Morgan fingerprint density at radius 3 is 2.45 bits per heavy atom. The molecule has 3 nitrogen and oxygen atoms in total. The molecule has 0 bridgehead atoms. The summed E-state index contributed by atoms with van der Waals surface area (Å²) in [6, 6.07) is 8.61. The zero-order valence-corrected chi connectivity index (χ0v) is 12.4. The van der Waals surface area contributed by atoms with Crippen molar-refractivity contribution in [3.63, 3.8) is 0 Å². The average molecular weight is 287 g/mol. The van der Waals surface area contributed by atoms with Gasteiger partial charge in [0.1, 0.15) is 0 Å². The summed E-state index contributed by atoms with van der Waals surface area (Å²) in [6.07, 6.45) is 6.70. The van der Waals surface area contributed by atoms with Crippen molar-refractivity contribution < 1.29 is 8.42 Å². The molecular formula is C16H17NO2S. The molecule has 104 valence electrons. The fourth-order valence-electron chi connectivity index (χ4n) is 1.86. The molecular weight excluding hydrogens is 270 g/mol. The van der Waals surface area contributed by atoms with Crippen molar-refractivity contribution in [1.29, 1.82) is 0 Å². The van der Waals surface area contributed by atoms with Crippen molar-refractivity contribution in [2.45, 2.75) is 18.7 Å². The molecule has 0 aliphatic heterocycles. The van der Waals surface area contributed by atoms with Crippen molar-refractivity contribution >= 4 is 15.6 Å². The van der Waals surface area contributed by atoms with Gasteiger partial charge in [-0.15, -0.1) is 0 Å². The first kappa shape index (κ1) is 14.3. The largest absolute Gasteiger partial charge is 0.267 e. The Kier molecular flexibility index (Phi) is 3.95. The van der Waals surface area contributed by atoms with E-state index < -0.39 is 10.0 Å². The Balaban J connectivity index is 2.43. The molecule has 0 N–H and O–H groups in total. The van der Waals surface area contributed by atoms with Crippen LogP contribution < -0.4 is 0 Å². The maximum Gasteiger partial charge on any atom is 0.267 e. The van der Waals surface area contributed by atoms with Gasteiger partial charge in [0.15, 0.2) is 0 Å². The average Bonchev–Trinajstić information content (AvgIpc) is 2.90. The van der Waals surface area contributed by atoms with Crippen LogP contribution in [0.4, 0.5) is 0 Å². The molecule has 0 fully saturated rings.